The Morgan fingerprint density at radius 2 is 1.82 bits per heavy atom. The lowest BCUT2D eigenvalue weighted by atomic mass is 9.95. The SMILES string of the molecule is C=CC(=CCC=C(C)C(C)CCCC)C(C)C. The van der Waals surface area contributed by atoms with E-state index >= 15 is 0 Å². The first-order valence-electron chi connectivity index (χ1n) is 7.02. The van der Waals surface area contributed by atoms with Gasteiger partial charge in [0.2, 0.25) is 0 Å². The van der Waals surface area contributed by atoms with Crippen molar-refractivity contribution >= 4 is 0 Å². The van der Waals surface area contributed by atoms with Crippen LogP contribution in [0.15, 0.2) is 36.0 Å². The van der Waals surface area contributed by atoms with Crippen LogP contribution in [0, 0.1) is 11.8 Å². The number of rotatable bonds is 8. The Morgan fingerprint density at radius 3 is 2.29 bits per heavy atom. The maximum atomic E-state index is 3.87. The number of unbranched alkanes of at least 4 members (excludes halogenated alkanes) is 1. The summed E-state index contributed by atoms with van der Waals surface area (Å²) in [6.07, 6.45) is 11.6. The summed E-state index contributed by atoms with van der Waals surface area (Å²) >= 11 is 0. The van der Waals surface area contributed by atoms with Crippen LogP contribution in [0.5, 0.6) is 0 Å². The molecule has 1 unspecified atom stereocenters. The maximum absolute atomic E-state index is 3.87. The van der Waals surface area contributed by atoms with Crippen molar-refractivity contribution in [3.05, 3.63) is 36.0 Å². The summed E-state index contributed by atoms with van der Waals surface area (Å²) in [6.45, 7) is 15.2. The molecule has 0 bridgehead atoms. The van der Waals surface area contributed by atoms with Crippen LogP contribution < -0.4 is 0 Å². The van der Waals surface area contributed by atoms with Gasteiger partial charge in [0, 0.05) is 0 Å². The number of hydrogen-bond donors (Lipinski definition) is 0. The first kappa shape index (κ1) is 16.2. The van der Waals surface area contributed by atoms with Crippen molar-refractivity contribution in [3.8, 4) is 0 Å². The molecule has 0 spiro atoms. The van der Waals surface area contributed by atoms with E-state index in [2.05, 4.69) is 53.3 Å². The molecule has 0 rings (SSSR count). The lowest BCUT2D eigenvalue weighted by molar-refractivity contribution is 0.570. The molecule has 0 aliphatic rings. The third-order valence-electron chi connectivity index (χ3n) is 3.46. The predicted molar refractivity (Wildman–Crippen MR) is 80.2 cm³/mol. The summed E-state index contributed by atoms with van der Waals surface area (Å²) in [5, 5.41) is 0. The van der Waals surface area contributed by atoms with Crippen LogP contribution in [0.3, 0.4) is 0 Å². The number of allylic oxidation sites excluding steroid dienone is 5. The van der Waals surface area contributed by atoms with Crippen LogP contribution in [0.25, 0.3) is 0 Å². The van der Waals surface area contributed by atoms with Crippen LogP contribution >= 0.6 is 0 Å². The minimum atomic E-state index is 0.582. The van der Waals surface area contributed by atoms with E-state index in [1.807, 2.05) is 6.08 Å². The minimum absolute atomic E-state index is 0.582. The van der Waals surface area contributed by atoms with Crippen LogP contribution in [-0.2, 0) is 0 Å². The Labute approximate surface area is 109 Å². The molecule has 0 aromatic heterocycles. The largest absolute Gasteiger partial charge is 0.0988 e. The molecule has 17 heavy (non-hydrogen) atoms. The van der Waals surface area contributed by atoms with Crippen molar-refractivity contribution in [1.29, 1.82) is 0 Å². The highest BCUT2D eigenvalue weighted by Crippen LogP contribution is 2.18. The van der Waals surface area contributed by atoms with Gasteiger partial charge in [0.25, 0.3) is 0 Å². The van der Waals surface area contributed by atoms with Gasteiger partial charge in [-0.1, -0.05) is 70.9 Å². The Balaban J connectivity index is 4.26. The molecule has 0 radical (unpaired) electrons. The maximum Gasteiger partial charge on any atom is -0.0161 e. The molecule has 0 aliphatic heterocycles. The van der Waals surface area contributed by atoms with Crippen LogP contribution in [-0.4, -0.2) is 0 Å². The average molecular weight is 234 g/mol. The van der Waals surface area contributed by atoms with Gasteiger partial charge in [-0.25, -0.2) is 0 Å². The lowest BCUT2D eigenvalue weighted by Gasteiger charge is -2.11. The first-order valence-corrected chi connectivity index (χ1v) is 7.02. The monoisotopic (exact) mass is 234 g/mol. The molecule has 0 heteroatoms. The Bertz CT molecular complexity index is 266. The van der Waals surface area contributed by atoms with Crippen molar-refractivity contribution in [2.24, 2.45) is 11.8 Å². The molecule has 0 aromatic rings. The van der Waals surface area contributed by atoms with Gasteiger partial charge < -0.3 is 0 Å². The second kappa shape index (κ2) is 9.27. The minimum Gasteiger partial charge on any atom is -0.0988 e. The van der Waals surface area contributed by atoms with E-state index in [0.717, 1.165) is 12.3 Å². The molecular formula is C17H30. The van der Waals surface area contributed by atoms with Gasteiger partial charge in [0.05, 0.1) is 0 Å². The van der Waals surface area contributed by atoms with E-state index in [1.54, 1.807) is 0 Å². The Hall–Kier alpha value is -0.780. The molecule has 0 amide bonds. The third kappa shape index (κ3) is 7.20. The highest BCUT2D eigenvalue weighted by atomic mass is 14.1. The molecule has 98 valence electrons. The average Bonchev–Trinajstić information content (AvgIpc) is 2.30. The van der Waals surface area contributed by atoms with E-state index in [0.29, 0.717) is 5.92 Å². The summed E-state index contributed by atoms with van der Waals surface area (Å²) in [6, 6.07) is 0. The van der Waals surface area contributed by atoms with Crippen LogP contribution in [0.2, 0.25) is 0 Å². The quantitative estimate of drug-likeness (QED) is 0.361. The van der Waals surface area contributed by atoms with Gasteiger partial charge in [-0.15, -0.1) is 0 Å². The highest BCUT2D eigenvalue weighted by molar-refractivity contribution is 5.20. The molecule has 0 fully saturated rings. The van der Waals surface area contributed by atoms with E-state index in [9.17, 15) is 0 Å². The van der Waals surface area contributed by atoms with Gasteiger partial charge in [0.1, 0.15) is 0 Å². The second-order valence-corrected chi connectivity index (χ2v) is 5.29. The van der Waals surface area contributed by atoms with E-state index in [-0.39, 0.29) is 0 Å². The number of hydrogen-bond acceptors (Lipinski definition) is 0. The van der Waals surface area contributed by atoms with E-state index in [4.69, 9.17) is 0 Å². The molecule has 0 saturated carbocycles. The van der Waals surface area contributed by atoms with Crippen molar-refractivity contribution in [3.63, 3.8) is 0 Å². The van der Waals surface area contributed by atoms with Crippen molar-refractivity contribution in [1.82, 2.24) is 0 Å². The van der Waals surface area contributed by atoms with Gasteiger partial charge >= 0.3 is 0 Å². The van der Waals surface area contributed by atoms with Crippen molar-refractivity contribution in [2.45, 2.75) is 60.3 Å². The summed E-state index contributed by atoms with van der Waals surface area (Å²) in [5.41, 5.74) is 2.89. The standard InChI is InChI=1S/C17H30/c1-7-9-11-15(5)16(6)12-10-13-17(8-2)14(3)4/h8,12-15H,2,7,9-11H2,1,3-6H3. The fourth-order valence-corrected chi connectivity index (χ4v) is 1.87. The molecular weight excluding hydrogens is 204 g/mol. The Morgan fingerprint density at radius 1 is 1.18 bits per heavy atom. The Kier molecular flexibility index (Phi) is 8.85. The zero-order valence-electron chi connectivity index (χ0n) is 12.4. The fraction of sp³-hybridized carbons (Fsp3) is 0.647. The zero-order chi connectivity index (χ0) is 13.3. The predicted octanol–water partition coefficient (Wildman–Crippen LogP) is 5.92. The van der Waals surface area contributed by atoms with Gasteiger partial charge in [-0.05, 0) is 37.2 Å². The van der Waals surface area contributed by atoms with Crippen molar-refractivity contribution in [2.75, 3.05) is 0 Å². The van der Waals surface area contributed by atoms with E-state index < -0.39 is 0 Å². The topological polar surface area (TPSA) is 0 Å². The van der Waals surface area contributed by atoms with Gasteiger partial charge in [-0.2, -0.15) is 0 Å². The smallest absolute Gasteiger partial charge is 0.0161 e. The second-order valence-electron chi connectivity index (χ2n) is 5.29. The third-order valence-corrected chi connectivity index (χ3v) is 3.46. The highest BCUT2D eigenvalue weighted by Gasteiger charge is 2.02. The molecule has 0 aromatic carbocycles. The first-order chi connectivity index (χ1) is 8.02. The summed E-state index contributed by atoms with van der Waals surface area (Å²) < 4.78 is 0. The van der Waals surface area contributed by atoms with Gasteiger partial charge in [-0.3, -0.25) is 0 Å². The molecule has 0 aliphatic carbocycles. The van der Waals surface area contributed by atoms with Crippen LogP contribution in [0.4, 0.5) is 0 Å². The van der Waals surface area contributed by atoms with Gasteiger partial charge in [0.15, 0.2) is 0 Å². The lowest BCUT2D eigenvalue weighted by Crippen LogP contribution is -1.96. The molecule has 0 nitrogen and oxygen atoms in total. The molecule has 0 N–H and O–H groups in total. The molecule has 0 saturated heterocycles. The fourth-order valence-electron chi connectivity index (χ4n) is 1.87. The summed E-state index contributed by atoms with van der Waals surface area (Å²) in [7, 11) is 0. The van der Waals surface area contributed by atoms with E-state index in [1.165, 1.54) is 30.4 Å². The summed E-state index contributed by atoms with van der Waals surface area (Å²) in [4.78, 5) is 0. The normalized spacial score (nSPS) is 15.2. The molecule has 1 atom stereocenters. The van der Waals surface area contributed by atoms with Crippen molar-refractivity contribution < 1.29 is 0 Å². The summed E-state index contributed by atoms with van der Waals surface area (Å²) in [5.74, 6) is 1.31. The molecule has 0 heterocycles. The van der Waals surface area contributed by atoms with Crippen LogP contribution in [0.1, 0.15) is 60.3 Å². The zero-order valence-corrected chi connectivity index (χ0v) is 12.4.